The number of anilines is 1. The first kappa shape index (κ1) is 19.8. The highest BCUT2D eigenvalue weighted by atomic mass is 32.2. The molecule has 0 aromatic heterocycles. The summed E-state index contributed by atoms with van der Waals surface area (Å²) >= 11 is 8.96. The molecule has 1 heterocycles. The van der Waals surface area contributed by atoms with Gasteiger partial charge < -0.3 is 14.4 Å². The zero-order valence-electron chi connectivity index (χ0n) is 14.5. The Morgan fingerprint density at radius 2 is 1.79 bits per heavy atom. The summed E-state index contributed by atoms with van der Waals surface area (Å²) in [5.74, 6) is 0.223. The number of hydrogen-bond acceptors (Lipinski definition) is 8. The van der Waals surface area contributed by atoms with Crippen molar-refractivity contribution >= 4 is 42.8 Å². The molecular weight excluding hydrogens is 400 g/mol. The minimum Gasteiger partial charge on any atom is -0.429 e. The number of hydrogen-bond donors (Lipinski definition) is 2. The van der Waals surface area contributed by atoms with Crippen LogP contribution in [0.25, 0.3) is 0 Å². The van der Waals surface area contributed by atoms with Crippen molar-refractivity contribution in [2.75, 3.05) is 4.90 Å². The molecule has 7 nitrogen and oxygen atoms in total. The summed E-state index contributed by atoms with van der Waals surface area (Å²) in [6.45, 7) is 0.0957. The highest BCUT2D eigenvalue weighted by Crippen LogP contribution is 2.37. The van der Waals surface area contributed by atoms with E-state index in [1.807, 2.05) is 30.3 Å². The summed E-state index contributed by atoms with van der Waals surface area (Å²) in [6.07, 6.45) is 3.84. The molecule has 0 amide bonds. The molecule has 0 spiro atoms. The summed E-state index contributed by atoms with van der Waals surface area (Å²) in [5.41, 5.74) is 1.46. The molecule has 2 aromatic carbocycles. The van der Waals surface area contributed by atoms with Gasteiger partial charge in [-0.2, -0.15) is 0 Å². The second-order valence-electron chi connectivity index (χ2n) is 5.82. The van der Waals surface area contributed by atoms with E-state index in [2.05, 4.69) is 25.3 Å². The van der Waals surface area contributed by atoms with Gasteiger partial charge in [-0.05, 0) is 23.8 Å². The molecule has 28 heavy (non-hydrogen) atoms. The number of thiol groups is 2. The largest absolute Gasteiger partial charge is 0.514 e. The average molecular weight is 416 g/mol. The number of nitro groups is 1. The van der Waals surface area contributed by atoms with Crippen LogP contribution in [0.4, 0.5) is 16.2 Å². The van der Waals surface area contributed by atoms with Gasteiger partial charge in [0, 0.05) is 30.1 Å². The molecule has 0 saturated carbocycles. The molecule has 0 unspecified atom stereocenters. The summed E-state index contributed by atoms with van der Waals surface area (Å²) in [4.78, 5) is 23.9. The van der Waals surface area contributed by atoms with Gasteiger partial charge >= 0.3 is 6.16 Å². The third-order valence-electron chi connectivity index (χ3n) is 3.82. The highest BCUT2D eigenvalue weighted by molar-refractivity contribution is 8.01. The zero-order valence-corrected chi connectivity index (χ0v) is 16.3. The maximum atomic E-state index is 11.9. The van der Waals surface area contributed by atoms with Crippen molar-refractivity contribution in [1.82, 2.24) is 0 Å². The van der Waals surface area contributed by atoms with Gasteiger partial charge in [-0.15, -0.1) is 25.3 Å². The number of rotatable bonds is 5. The lowest BCUT2D eigenvalue weighted by atomic mass is 10.2. The van der Waals surface area contributed by atoms with Crippen molar-refractivity contribution in [1.29, 1.82) is 0 Å². The summed E-state index contributed by atoms with van der Waals surface area (Å²) in [5, 5.41) is 10.8. The lowest BCUT2D eigenvalue weighted by Gasteiger charge is -2.36. The molecule has 2 aromatic rings. The van der Waals surface area contributed by atoms with Crippen molar-refractivity contribution in [3.63, 3.8) is 0 Å². The van der Waals surface area contributed by atoms with Crippen molar-refractivity contribution in [2.45, 2.75) is 10.8 Å². The molecule has 0 saturated heterocycles. The Balaban J connectivity index is 1.63. The number of nitrogens with zero attached hydrogens (tertiary/aromatic N) is 2. The van der Waals surface area contributed by atoms with Gasteiger partial charge in [-0.1, -0.05) is 30.3 Å². The standard InChI is InChI=1S/C19H16N2O5S2/c22-18(25-13-14-4-2-1-3-5-14)26-17-10-11-20(19(27,28)12-17)15-6-8-16(9-7-15)21(23)24/h1-12,27-28H,13H2. The Labute approximate surface area is 172 Å². The Morgan fingerprint density at radius 1 is 1.11 bits per heavy atom. The van der Waals surface area contributed by atoms with Gasteiger partial charge in [0.15, 0.2) is 4.20 Å². The number of carbonyl (C=O) groups excluding carboxylic acids is 1. The number of allylic oxidation sites excluding steroid dienone is 1. The van der Waals surface area contributed by atoms with Crippen LogP contribution in [0.2, 0.25) is 0 Å². The van der Waals surface area contributed by atoms with Crippen LogP contribution >= 0.6 is 25.3 Å². The van der Waals surface area contributed by atoms with E-state index in [9.17, 15) is 14.9 Å². The first-order valence-corrected chi connectivity index (χ1v) is 9.03. The molecule has 0 radical (unpaired) electrons. The van der Waals surface area contributed by atoms with E-state index in [-0.39, 0.29) is 18.1 Å². The second kappa shape index (κ2) is 8.41. The molecule has 144 valence electrons. The number of ether oxygens (including phenoxy) is 2. The smallest absolute Gasteiger partial charge is 0.429 e. The van der Waals surface area contributed by atoms with Gasteiger partial charge in [0.05, 0.1) is 4.92 Å². The highest BCUT2D eigenvalue weighted by Gasteiger charge is 2.30. The molecule has 0 aliphatic carbocycles. The quantitative estimate of drug-likeness (QED) is 0.242. The fourth-order valence-corrected chi connectivity index (χ4v) is 3.10. The van der Waals surface area contributed by atoms with Crippen LogP contribution in [-0.4, -0.2) is 15.3 Å². The fraction of sp³-hybridized carbons (Fsp3) is 0.105. The van der Waals surface area contributed by atoms with Crippen LogP contribution in [0.5, 0.6) is 0 Å². The van der Waals surface area contributed by atoms with E-state index >= 15 is 0 Å². The van der Waals surface area contributed by atoms with E-state index in [4.69, 9.17) is 9.47 Å². The molecule has 1 aliphatic rings. The van der Waals surface area contributed by atoms with Crippen LogP contribution in [0.1, 0.15) is 5.56 Å². The lowest BCUT2D eigenvalue weighted by molar-refractivity contribution is -0.384. The van der Waals surface area contributed by atoms with Gasteiger partial charge in [-0.25, -0.2) is 4.79 Å². The zero-order chi connectivity index (χ0) is 20.1. The number of benzene rings is 2. The number of nitro benzene ring substituents is 1. The van der Waals surface area contributed by atoms with Crippen molar-refractivity contribution < 1.29 is 19.2 Å². The summed E-state index contributed by atoms with van der Waals surface area (Å²) in [6, 6.07) is 15.2. The maximum absolute atomic E-state index is 11.9. The molecule has 0 N–H and O–H groups in total. The first-order valence-electron chi connectivity index (χ1n) is 8.13. The molecule has 1 aliphatic heterocycles. The van der Waals surface area contributed by atoms with E-state index in [1.165, 1.54) is 18.2 Å². The van der Waals surface area contributed by atoms with Crippen LogP contribution in [0, 0.1) is 10.1 Å². The van der Waals surface area contributed by atoms with Crippen LogP contribution in [0.15, 0.2) is 78.7 Å². The van der Waals surface area contributed by atoms with Crippen molar-refractivity contribution in [3.8, 4) is 0 Å². The van der Waals surface area contributed by atoms with Crippen LogP contribution in [-0.2, 0) is 16.1 Å². The van der Waals surface area contributed by atoms with E-state index < -0.39 is 15.3 Å². The summed E-state index contributed by atoms with van der Waals surface area (Å²) in [7, 11) is 0. The molecule has 0 fully saturated rings. The van der Waals surface area contributed by atoms with E-state index in [1.54, 1.807) is 29.3 Å². The number of non-ortho nitro benzene ring substituents is 1. The van der Waals surface area contributed by atoms with Gasteiger partial charge in [0.25, 0.3) is 5.69 Å². The first-order chi connectivity index (χ1) is 13.3. The Morgan fingerprint density at radius 3 is 2.39 bits per heavy atom. The Kier molecular flexibility index (Phi) is 5.96. The molecular formula is C19H16N2O5S2. The topological polar surface area (TPSA) is 81.9 Å². The van der Waals surface area contributed by atoms with Gasteiger partial charge in [0.2, 0.25) is 0 Å². The second-order valence-corrected chi connectivity index (χ2v) is 7.54. The van der Waals surface area contributed by atoms with E-state index in [0.29, 0.717) is 5.69 Å². The van der Waals surface area contributed by atoms with Crippen LogP contribution < -0.4 is 4.90 Å². The normalized spacial score (nSPS) is 14.9. The monoisotopic (exact) mass is 416 g/mol. The minimum atomic E-state index is -1.13. The van der Waals surface area contributed by atoms with Gasteiger partial charge in [-0.3, -0.25) is 10.1 Å². The molecule has 9 heteroatoms. The minimum absolute atomic E-state index is 0.0191. The Hall–Kier alpha value is -2.91. The molecule has 3 rings (SSSR count). The maximum Gasteiger partial charge on any atom is 0.514 e. The van der Waals surface area contributed by atoms with Gasteiger partial charge in [0.1, 0.15) is 12.4 Å². The third-order valence-corrected chi connectivity index (χ3v) is 4.51. The predicted octanol–water partition coefficient (Wildman–Crippen LogP) is 4.68. The van der Waals surface area contributed by atoms with Crippen molar-refractivity contribution in [3.05, 3.63) is 94.4 Å². The molecule has 0 bridgehead atoms. The van der Waals surface area contributed by atoms with E-state index in [0.717, 1.165) is 5.56 Å². The predicted molar refractivity (Wildman–Crippen MR) is 111 cm³/mol. The summed E-state index contributed by atoms with van der Waals surface area (Å²) < 4.78 is 9.14. The molecule has 0 atom stereocenters. The van der Waals surface area contributed by atoms with Crippen LogP contribution in [0.3, 0.4) is 0 Å². The average Bonchev–Trinajstić information content (AvgIpc) is 2.67. The van der Waals surface area contributed by atoms with Crippen molar-refractivity contribution in [2.24, 2.45) is 0 Å². The lowest BCUT2D eigenvalue weighted by Crippen LogP contribution is -2.36. The SMILES string of the molecule is O=C(OCc1ccccc1)OC1=CC(S)(S)N(c2ccc([N+](=O)[O-])cc2)C=C1. The Bertz CT molecular complexity index is 927. The fourth-order valence-electron chi connectivity index (χ4n) is 2.48. The number of carbonyl (C=O) groups is 1. The third kappa shape index (κ3) is 4.87.